The number of halogens is 2. The van der Waals surface area contributed by atoms with Gasteiger partial charge in [-0.2, -0.15) is 4.80 Å². The van der Waals surface area contributed by atoms with Crippen molar-refractivity contribution in [2.24, 2.45) is 0 Å². The maximum Gasteiger partial charge on any atom is 0.257 e. The third-order valence-electron chi connectivity index (χ3n) is 4.96. The summed E-state index contributed by atoms with van der Waals surface area (Å²) in [4.78, 5) is 14.3. The number of carbonyl (C=O) groups is 1. The van der Waals surface area contributed by atoms with E-state index in [0.717, 1.165) is 16.8 Å². The Kier molecular flexibility index (Phi) is 5.50. The number of anilines is 1. The van der Waals surface area contributed by atoms with Crippen molar-refractivity contribution in [2.45, 2.75) is 26.7 Å². The molecule has 0 saturated heterocycles. The maximum atomic E-state index is 12.7. The minimum absolute atomic E-state index is 0.228. The molecular weight excluding hydrogens is 419 g/mol. The van der Waals surface area contributed by atoms with Gasteiger partial charge in [0, 0.05) is 5.69 Å². The molecule has 3 aromatic carbocycles. The molecule has 1 aromatic heterocycles. The van der Waals surface area contributed by atoms with Gasteiger partial charge in [-0.25, -0.2) is 0 Å². The summed E-state index contributed by atoms with van der Waals surface area (Å²) in [5.74, 6) is 0.132. The van der Waals surface area contributed by atoms with E-state index in [1.54, 1.807) is 23.0 Å². The molecule has 1 N–H and O–H groups in total. The van der Waals surface area contributed by atoms with Crippen LogP contribution in [0.15, 0.2) is 54.6 Å². The number of fused-ring (bicyclic) bond motifs is 1. The summed E-state index contributed by atoms with van der Waals surface area (Å²) in [6.45, 7) is 6.22. The molecule has 0 fully saturated rings. The first kappa shape index (κ1) is 20.4. The van der Waals surface area contributed by atoms with Gasteiger partial charge < -0.3 is 5.32 Å². The number of amides is 1. The fraction of sp³-hybridized carbons (Fsp3) is 0.174. The van der Waals surface area contributed by atoms with Crippen molar-refractivity contribution in [3.8, 4) is 5.69 Å². The van der Waals surface area contributed by atoms with Crippen LogP contribution in [-0.4, -0.2) is 20.9 Å². The largest absolute Gasteiger partial charge is 0.322 e. The van der Waals surface area contributed by atoms with Gasteiger partial charge in [0.2, 0.25) is 0 Å². The van der Waals surface area contributed by atoms with E-state index in [4.69, 9.17) is 23.2 Å². The van der Waals surface area contributed by atoms with Crippen molar-refractivity contribution in [1.82, 2.24) is 15.0 Å². The minimum Gasteiger partial charge on any atom is -0.322 e. The molecule has 0 atom stereocenters. The molecule has 0 spiro atoms. The van der Waals surface area contributed by atoms with Crippen LogP contribution in [0.3, 0.4) is 0 Å². The molecule has 152 valence electrons. The van der Waals surface area contributed by atoms with E-state index in [1.165, 1.54) is 5.56 Å². The van der Waals surface area contributed by atoms with Crippen molar-refractivity contribution in [3.05, 3.63) is 81.3 Å². The standard InChI is InChI=1S/C23H20Cl2N4O/c1-13(2)15-7-9-16(10-8-15)29-27-20-11-14(3)19(12-21(20)28-29)26-23(30)17-5-4-6-18(24)22(17)25/h4-13H,1-3H3,(H,26,30). The van der Waals surface area contributed by atoms with E-state index in [0.29, 0.717) is 27.7 Å². The number of rotatable bonds is 4. The first-order valence-electron chi connectivity index (χ1n) is 9.57. The quantitative estimate of drug-likeness (QED) is 0.400. The fourth-order valence-corrected chi connectivity index (χ4v) is 3.57. The number of nitrogens with one attached hydrogen (secondary N) is 1. The van der Waals surface area contributed by atoms with E-state index < -0.39 is 0 Å². The molecular formula is C23H20Cl2N4O. The van der Waals surface area contributed by atoms with Crippen molar-refractivity contribution < 1.29 is 4.79 Å². The number of aryl methyl sites for hydroxylation is 1. The number of aromatic nitrogens is 3. The van der Waals surface area contributed by atoms with E-state index in [1.807, 2.05) is 31.2 Å². The van der Waals surface area contributed by atoms with Crippen LogP contribution >= 0.6 is 23.2 Å². The number of carbonyl (C=O) groups excluding carboxylic acids is 1. The van der Waals surface area contributed by atoms with Crippen LogP contribution < -0.4 is 5.32 Å². The van der Waals surface area contributed by atoms with E-state index >= 15 is 0 Å². The second-order valence-electron chi connectivity index (χ2n) is 7.45. The zero-order valence-corrected chi connectivity index (χ0v) is 18.3. The normalized spacial score (nSPS) is 11.3. The van der Waals surface area contributed by atoms with Crippen LogP contribution in [0.2, 0.25) is 10.0 Å². The summed E-state index contributed by atoms with van der Waals surface area (Å²) >= 11 is 12.2. The molecule has 4 aromatic rings. The summed E-state index contributed by atoms with van der Waals surface area (Å²) in [5.41, 5.74) is 5.40. The molecule has 0 unspecified atom stereocenters. The first-order valence-corrected chi connectivity index (χ1v) is 10.3. The van der Waals surface area contributed by atoms with Crippen molar-refractivity contribution in [3.63, 3.8) is 0 Å². The molecule has 0 bridgehead atoms. The highest BCUT2D eigenvalue weighted by Gasteiger charge is 2.15. The average molecular weight is 439 g/mol. The molecule has 1 heterocycles. The molecule has 0 aliphatic heterocycles. The first-order chi connectivity index (χ1) is 14.3. The van der Waals surface area contributed by atoms with Crippen LogP contribution in [0.4, 0.5) is 5.69 Å². The van der Waals surface area contributed by atoms with Gasteiger partial charge in [0.25, 0.3) is 5.91 Å². The van der Waals surface area contributed by atoms with Gasteiger partial charge in [-0.15, -0.1) is 10.2 Å². The SMILES string of the molecule is Cc1cc2nn(-c3ccc(C(C)C)cc3)nc2cc1NC(=O)c1cccc(Cl)c1Cl. The van der Waals surface area contributed by atoms with E-state index in [9.17, 15) is 4.79 Å². The van der Waals surface area contributed by atoms with E-state index in [2.05, 4.69) is 41.5 Å². The highest BCUT2D eigenvalue weighted by Crippen LogP contribution is 2.28. The summed E-state index contributed by atoms with van der Waals surface area (Å²) < 4.78 is 0. The van der Waals surface area contributed by atoms with Gasteiger partial charge in [-0.05, 0) is 60.4 Å². The van der Waals surface area contributed by atoms with Gasteiger partial charge in [-0.3, -0.25) is 4.79 Å². The second-order valence-corrected chi connectivity index (χ2v) is 8.23. The van der Waals surface area contributed by atoms with Crippen LogP contribution in [0, 0.1) is 6.92 Å². The monoisotopic (exact) mass is 438 g/mol. The second kappa shape index (κ2) is 8.09. The highest BCUT2D eigenvalue weighted by molar-refractivity contribution is 6.44. The predicted molar refractivity (Wildman–Crippen MR) is 122 cm³/mol. The number of hydrogen-bond acceptors (Lipinski definition) is 3. The predicted octanol–water partition coefficient (Wildman–Crippen LogP) is 6.41. The molecule has 0 saturated carbocycles. The summed E-state index contributed by atoms with van der Waals surface area (Å²) in [5, 5.41) is 12.6. The van der Waals surface area contributed by atoms with Crippen molar-refractivity contribution in [2.75, 3.05) is 5.32 Å². The molecule has 30 heavy (non-hydrogen) atoms. The van der Waals surface area contributed by atoms with Gasteiger partial charge in [0.05, 0.1) is 21.3 Å². The molecule has 5 nitrogen and oxygen atoms in total. The van der Waals surface area contributed by atoms with Crippen LogP contribution in [0.25, 0.3) is 16.7 Å². The minimum atomic E-state index is -0.332. The van der Waals surface area contributed by atoms with Gasteiger partial charge in [0.1, 0.15) is 11.0 Å². The third kappa shape index (κ3) is 3.91. The zero-order chi connectivity index (χ0) is 21.4. The van der Waals surface area contributed by atoms with Crippen molar-refractivity contribution in [1.29, 1.82) is 0 Å². The Hall–Kier alpha value is -2.89. The Balaban J connectivity index is 1.65. The van der Waals surface area contributed by atoms with Gasteiger partial charge in [-0.1, -0.05) is 55.2 Å². The lowest BCUT2D eigenvalue weighted by molar-refractivity contribution is 0.102. The molecule has 4 rings (SSSR count). The van der Waals surface area contributed by atoms with Crippen LogP contribution in [0.1, 0.15) is 41.3 Å². The summed E-state index contributed by atoms with van der Waals surface area (Å²) in [6, 6.07) is 16.9. The Morgan fingerprint density at radius 2 is 1.67 bits per heavy atom. The fourth-order valence-electron chi connectivity index (χ4n) is 3.18. The number of hydrogen-bond donors (Lipinski definition) is 1. The molecule has 0 aliphatic rings. The topological polar surface area (TPSA) is 59.8 Å². The van der Waals surface area contributed by atoms with Crippen molar-refractivity contribution >= 4 is 45.8 Å². The highest BCUT2D eigenvalue weighted by atomic mass is 35.5. The van der Waals surface area contributed by atoms with E-state index in [-0.39, 0.29) is 10.9 Å². The van der Waals surface area contributed by atoms with Gasteiger partial charge in [0.15, 0.2) is 0 Å². The third-order valence-corrected chi connectivity index (χ3v) is 5.78. The molecule has 7 heteroatoms. The summed E-state index contributed by atoms with van der Waals surface area (Å²) in [7, 11) is 0. The Morgan fingerprint density at radius 1 is 1.00 bits per heavy atom. The lowest BCUT2D eigenvalue weighted by Gasteiger charge is -2.09. The maximum absolute atomic E-state index is 12.7. The number of benzene rings is 3. The molecule has 0 radical (unpaired) electrons. The number of nitrogens with zero attached hydrogens (tertiary/aromatic N) is 3. The molecule has 1 amide bonds. The Labute approximate surface area is 184 Å². The lowest BCUT2D eigenvalue weighted by atomic mass is 10.0. The smallest absolute Gasteiger partial charge is 0.257 e. The lowest BCUT2D eigenvalue weighted by Crippen LogP contribution is -2.13. The Bertz CT molecular complexity index is 1250. The van der Waals surface area contributed by atoms with Crippen LogP contribution in [0.5, 0.6) is 0 Å². The van der Waals surface area contributed by atoms with Gasteiger partial charge >= 0.3 is 0 Å². The Morgan fingerprint density at radius 3 is 2.33 bits per heavy atom. The molecule has 0 aliphatic carbocycles. The average Bonchev–Trinajstić information content (AvgIpc) is 3.13. The summed E-state index contributed by atoms with van der Waals surface area (Å²) in [6.07, 6.45) is 0. The van der Waals surface area contributed by atoms with Crippen LogP contribution in [-0.2, 0) is 0 Å². The zero-order valence-electron chi connectivity index (χ0n) is 16.8.